The number of aromatic nitrogens is 2. The lowest BCUT2D eigenvalue weighted by Gasteiger charge is -2.18. The average molecular weight is 335 g/mol. The number of likely N-dealkylation sites (N-methyl/N-ethyl adjacent to an activating group) is 1. The molecule has 2 heterocycles. The van der Waals surface area contributed by atoms with Crippen LogP contribution in [0.25, 0.3) is 0 Å². The van der Waals surface area contributed by atoms with Crippen LogP contribution in [0.4, 0.5) is 20.5 Å². The molecular weight excluding hydrogens is 316 g/mol. The molecule has 24 heavy (non-hydrogen) atoms. The first kappa shape index (κ1) is 16.4. The lowest BCUT2D eigenvalue weighted by Crippen LogP contribution is -2.30. The van der Waals surface area contributed by atoms with Gasteiger partial charge >= 0.3 is 0 Å². The van der Waals surface area contributed by atoms with Gasteiger partial charge in [-0.15, -0.1) is 0 Å². The summed E-state index contributed by atoms with van der Waals surface area (Å²) in [4.78, 5) is 10.5. The fraction of sp³-hybridized carbons (Fsp3) is 0.375. The molecule has 2 aromatic rings. The van der Waals surface area contributed by atoms with E-state index in [4.69, 9.17) is 10.5 Å². The third-order valence-corrected chi connectivity index (χ3v) is 3.97. The lowest BCUT2D eigenvalue weighted by molar-refractivity contribution is 0.285. The van der Waals surface area contributed by atoms with Crippen LogP contribution in [0.15, 0.2) is 24.3 Å². The zero-order chi connectivity index (χ0) is 17.1. The smallest absolute Gasteiger partial charge is 0.222 e. The Labute approximate surface area is 138 Å². The highest BCUT2D eigenvalue weighted by Crippen LogP contribution is 2.22. The fourth-order valence-electron chi connectivity index (χ4n) is 2.69. The van der Waals surface area contributed by atoms with Gasteiger partial charge in [-0.2, -0.15) is 4.98 Å². The molecule has 1 aliphatic heterocycles. The first-order valence-electron chi connectivity index (χ1n) is 7.68. The number of hydrogen-bond acceptors (Lipinski definition) is 6. The van der Waals surface area contributed by atoms with Crippen LogP contribution in [0.1, 0.15) is 12.1 Å². The second-order valence-corrected chi connectivity index (χ2v) is 5.66. The highest BCUT2D eigenvalue weighted by atomic mass is 19.1. The van der Waals surface area contributed by atoms with Crippen LogP contribution in [0.3, 0.4) is 0 Å². The third-order valence-electron chi connectivity index (χ3n) is 3.97. The Hall–Kier alpha value is -2.48. The van der Waals surface area contributed by atoms with Gasteiger partial charge in [0.05, 0.1) is 5.69 Å². The molecule has 0 amide bonds. The van der Waals surface area contributed by atoms with Gasteiger partial charge in [-0.1, -0.05) is 0 Å². The molecule has 0 aliphatic carbocycles. The fourth-order valence-corrected chi connectivity index (χ4v) is 2.69. The number of nitrogen functional groups attached to an aromatic ring is 1. The Bertz CT molecular complexity index is 728. The SMILES string of the molecule is CN[C@@H]1CCN(c2cc(COc3ccc(F)cc3F)nc(N)n2)C1. The quantitative estimate of drug-likeness (QED) is 0.866. The Kier molecular flexibility index (Phi) is 4.75. The molecule has 1 aromatic carbocycles. The van der Waals surface area contributed by atoms with Crippen LogP contribution in [-0.4, -0.2) is 36.1 Å². The standard InChI is InChI=1S/C16H19F2N5O/c1-20-11-4-5-23(8-11)15-7-12(21-16(19)22-15)9-24-14-3-2-10(17)6-13(14)18/h2-3,6-7,11,20H,4-5,8-9H2,1H3,(H2,19,21,22)/t11-/m1/s1. The number of rotatable bonds is 5. The number of anilines is 2. The predicted molar refractivity (Wildman–Crippen MR) is 86.8 cm³/mol. The van der Waals surface area contributed by atoms with E-state index < -0.39 is 11.6 Å². The van der Waals surface area contributed by atoms with E-state index >= 15 is 0 Å². The van der Waals surface area contributed by atoms with Crippen molar-refractivity contribution in [3.05, 3.63) is 41.6 Å². The molecule has 0 unspecified atom stereocenters. The molecule has 3 rings (SSSR count). The summed E-state index contributed by atoms with van der Waals surface area (Å²) in [5.41, 5.74) is 6.31. The second-order valence-electron chi connectivity index (χ2n) is 5.66. The molecule has 128 valence electrons. The summed E-state index contributed by atoms with van der Waals surface area (Å²) in [6.45, 7) is 1.72. The number of halogens is 2. The van der Waals surface area contributed by atoms with Crippen molar-refractivity contribution in [2.45, 2.75) is 19.1 Å². The summed E-state index contributed by atoms with van der Waals surface area (Å²) in [7, 11) is 1.93. The number of hydrogen-bond donors (Lipinski definition) is 2. The maximum atomic E-state index is 13.6. The summed E-state index contributed by atoms with van der Waals surface area (Å²) >= 11 is 0. The minimum absolute atomic E-state index is 0.0194. The zero-order valence-electron chi connectivity index (χ0n) is 13.3. The van der Waals surface area contributed by atoms with Crippen molar-refractivity contribution in [3.8, 4) is 5.75 Å². The molecular formula is C16H19F2N5O. The molecule has 0 spiro atoms. The number of nitrogens with two attached hydrogens (primary N) is 1. The van der Waals surface area contributed by atoms with Gasteiger partial charge in [0.2, 0.25) is 5.95 Å². The molecule has 3 N–H and O–H groups in total. The van der Waals surface area contributed by atoms with Crippen molar-refractivity contribution >= 4 is 11.8 Å². The minimum Gasteiger partial charge on any atom is -0.484 e. The van der Waals surface area contributed by atoms with E-state index in [2.05, 4.69) is 20.2 Å². The third kappa shape index (κ3) is 3.70. The Balaban J connectivity index is 1.72. The minimum atomic E-state index is -0.756. The monoisotopic (exact) mass is 335 g/mol. The van der Waals surface area contributed by atoms with Crippen LogP contribution in [0, 0.1) is 11.6 Å². The molecule has 1 fully saturated rings. The van der Waals surface area contributed by atoms with Crippen molar-refractivity contribution in [1.82, 2.24) is 15.3 Å². The van der Waals surface area contributed by atoms with E-state index in [0.717, 1.165) is 37.5 Å². The molecule has 0 bridgehead atoms. The van der Waals surface area contributed by atoms with E-state index in [1.54, 1.807) is 6.07 Å². The normalized spacial score (nSPS) is 17.3. The molecule has 1 atom stereocenters. The van der Waals surface area contributed by atoms with E-state index in [1.807, 2.05) is 7.05 Å². The van der Waals surface area contributed by atoms with Crippen molar-refractivity contribution in [1.29, 1.82) is 0 Å². The molecule has 1 saturated heterocycles. The number of ether oxygens (including phenoxy) is 1. The number of nitrogens with zero attached hydrogens (tertiary/aromatic N) is 3. The predicted octanol–water partition coefficient (Wildman–Crippen LogP) is 1.71. The number of nitrogens with one attached hydrogen (secondary N) is 1. The molecule has 6 nitrogen and oxygen atoms in total. The van der Waals surface area contributed by atoms with Gasteiger partial charge in [-0.05, 0) is 25.6 Å². The van der Waals surface area contributed by atoms with Crippen LogP contribution in [0.2, 0.25) is 0 Å². The van der Waals surface area contributed by atoms with Gasteiger partial charge in [0.1, 0.15) is 18.2 Å². The van der Waals surface area contributed by atoms with E-state index in [-0.39, 0.29) is 18.3 Å². The summed E-state index contributed by atoms with van der Waals surface area (Å²) in [5, 5.41) is 3.24. The van der Waals surface area contributed by atoms with Crippen LogP contribution >= 0.6 is 0 Å². The van der Waals surface area contributed by atoms with Crippen LogP contribution < -0.4 is 20.7 Å². The van der Waals surface area contributed by atoms with Crippen LogP contribution in [-0.2, 0) is 6.61 Å². The Morgan fingerprint density at radius 1 is 1.33 bits per heavy atom. The maximum absolute atomic E-state index is 13.6. The van der Waals surface area contributed by atoms with Crippen molar-refractivity contribution in [3.63, 3.8) is 0 Å². The highest BCUT2D eigenvalue weighted by molar-refractivity contribution is 5.44. The first-order chi connectivity index (χ1) is 11.5. The highest BCUT2D eigenvalue weighted by Gasteiger charge is 2.22. The van der Waals surface area contributed by atoms with Gasteiger partial charge in [-0.25, -0.2) is 13.8 Å². The number of benzene rings is 1. The summed E-state index contributed by atoms with van der Waals surface area (Å²) in [6.07, 6.45) is 1.02. The van der Waals surface area contributed by atoms with Gasteiger partial charge in [0.15, 0.2) is 11.6 Å². The van der Waals surface area contributed by atoms with Gasteiger partial charge < -0.3 is 20.7 Å². The molecule has 0 saturated carbocycles. The zero-order valence-corrected chi connectivity index (χ0v) is 13.3. The van der Waals surface area contributed by atoms with E-state index in [0.29, 0.717) is 11.7 Å². The summed E-state index contributed by atoms with van der Waals surface area (Å²) in [5.74, 6) is -0.584. The van der Waals surface area contributed by atoms with Gasteiger partial charge in [0.25, 0.3) is 0 Å². The molecule has 1 aromatic heterocycles. The molecule has 8 heteroatoms. The first-order valence-corrected chi connectivity index (χ1v) is 7.68. The average Bonchev–Trinajstić information content (AvgIpc) is 3.03. The van der Waals surface area contributed by atoms with E-state index in [1.165, 1.54) is 6.07 Å². The van der Waals surface area contributed by atoms with E-state index in [9.17, 15) is 8.78 Å². The second kappa shape index (κ2) is 6.96. The Morgan fingerprint density at radius 2 is 2.17 bits per heavy atom. The summed E-state index contributed by atoms with van der Waals surface area (Å²) in [6, 6.07) is 5.34. The van der Waals surface area contributed by atoms with Crippen LogP contribution in [0.5, 0.6) is 5.75 Å². The van der Waals surface area contributed by atoms with Gasteiger partial charge in [-0.3, -0.25) is 0 Å². The van der Waals surface area contributed by atoms with Gasteiger partial charge in [0, 0.05) is 31.3 Å². The topological polar surface area (TPSA) is 76.3 Å². The largest absolute Gasteiger partial charge is 0.484 e. The lowest BCUT2D eigenvalue weighted by atomic mass is 10.3. The summed E-state index contributed by atoms with van der Waals surface area (Å²) < 4.78 is 31.9. The molecule has 0 radical (unpaired) electrons. The maximum Gasteiger partial charge on any atom is 0.222 e. The van der Waals surface area contributed by atoms with Crippen molar-refractivity contribution in [2.24, 2.45) is 0 Å². The molecule has 1 aliphatic rings. The van der Waals surface area contributed by atoms with Crippen molar-refractivity contribution in [2.75, 3.05) is 30.8 Å². The van der Waals surface area contributed by atoms with Crippen molar-refractivity contribution < 1.29 is 13.5 Å². The Morgan fingerprint density at radius 3 is 2.88 bits per heavy atom.